The van der Waals surface area contributed by atoms with E-state index in [9.17, 15) is 0 Å². The molecular weight excluding hydrogens is 294 g/mol. The van der Waals surface area contributed by atoms with Crippen molar-refractivity contribution in [2.75, 3.05) is 0 Å². The minimum Gasteiger partial charge on any atom is -0.438 e. The zero-order chi connectivity index (χ0) is 12.5. The molecule has 2 aromatic carbocycles. The van der Waals surface area contributed by atoms with Gasteiger partial charge in [0.1, 0.15) is 11.9 Å². The second-order valence-electron chi connectivity index (χ2n) is 3.95. The molecule has 0 spiro atoms. The number of aromatic nitrogens is 3. The van der Waals surface area contributed by atoms with Gasteiger partial charge in [-0.3, -0.25) is 0 Å². The fraction of sp³-hybridized carbons (Fsp3) is 0.0769. The fourth-order valence-electron chi connectivity index (χ4n) is 1.75. The van der Waals surface area contributed by atoms with Crippen LogP contribution in [0.25, 0.3) is 10.8 Å². The second kappa shape index (κ2) is 4.42. The van der Waals surface area contributed by atoms with Gasteiger partial charge in [0.2, 0.25) is 5.88 Å². The summed E-state index contributed by atoms with van der Waals surface area (Å²) in [4.78, 5) is 0. The Hall–Kier alpha value is -1.88. The molecule has 0 bridgehead atoms. The average molecular weight is 304 g/mol. The minimum atomic E-state index is 0.617. The first-order chi connectivity index (χ1) is 8.72. The number of rotatable bonds is 2. The Morgan fingerprint density at radius 1 is 1.11 bits per heavy atom. The molecule has 18 heavy (non-hydrogen) atoms. The molecule has 3 rings (SSSR count). The lowest BCUT2D eigenvalue weighted by Gasteiger charge is -2.06. The summed E-state index contributed by atoms with van der Waals surface area (Å²) in [5, 5.41) is 9.89. The van der Waals surface area contributed by atoms with Gasteiger partial charge in [-0.15, -0.1) is 5.10 Å². The number of aryl methyl sites for hydroxylation is 1. The zero-order valence-corrected chi connectivity index (χ0v) is 11.3. The molecule has 0 fully saturated rings. The average Bonchev–Trinajstić information content (AvgIpc) is 2.75. The van der Waals surface area contributed by atoms with E-state index in [1.807, 2.05) is 30.3 Å². The van der Waals surface area contributed by atoms with Gasteiger partial charge in [-0.05, 0) is 35.0 Å². The first-order valence-electron chi connectivity index (χ1n) is 5.44. The van der Waals surface area contributed by atoms with Gasteiger partial charge < -0.3 is 4.74 Å². The monoisotopic (exact) mass is 303 g/mol. The first-order valence-corrected chi connectivity index (χ1v) is 6.23. The highest BCUT2D eigenvalue weighted by molar-refractivity contribution is 9.10. The number of hydrogen-bond donors (Lipinski definition) is 0. The highest BCUT2D eigenvalue weighted by Crippen LogP contribution is 2.26. The van der Waals surface area contributed by atoms with E-state index in [0.717, 1.165) is 15.6 Å². The number of fused-ring (bicyclic) bond motifs is 1. The highest BCUT2D eigenvalue weighted by Gasteiger charge is 2.03. The van der Waals surface area contributed by atoms with E-state index in [1.165, 1.54) is 5.39 Å². The molecule has 0 saturated carbocycles. The van der Waals surface area contributed by atoms with Crippen LogP contribution in [0.3, 0.4) is 0 Å². The van der Waals surface area contributed by atoms with Crippen LogP contribution in [0.15, 0.2) is 47.1 Å². The lowest BCUT2D eigenvalue weighted by Crippen LogP contribution is -1.94. The molecule has 0 aliphatic carbocycles. The molecular formula is C13H10BrN3O. The summed E-state index contributed by atoms with van der Waals surface area (Å²) in [6.07, 6.45) is 1.59. The van der Waals surface area contributed by atoms with Crippen molar-refractivity contribution in [3.8, 4) is 11.6 Å². The van der Waals surface area contributed by atoms with Crippen LogP contribution in [0.5, 0.6) is 11.6 Å². The van der Waals surface area contributed by atoms with Gasteiger partial charge in [-0.1, -0.05) is 33.3 Å². The summed E-state index contributed by atoms with van der Waals surface area (Å²) in [5.41, 5.74) is 0. The quantitative estimate of drug-likeness (QED) is 0.727. The Morgan fingerprint density at radius 2 is 1.89 bits per heavy atom. The van der Waals surface area contributed by atoms with E-state index in [0.29, 0.717) is 5.88 Å². The van der Waals surface area contributed by atoms with Crippen LogP contribution < -0.4 is 4.74 Å². The number of hydrogen-bond acceptors (Lipinski definition) is 3. The lowest BCUT2D eigenvalue weighted by atomic mass is 10.1. The molecule has 0 aliphatic heterocycles. The normalized spacial score (nSPS) is 10.8. The van der Waals surface area contributed by atoms with Crippen LogP contribution in [0.1, 0.15) is 0 Å². The van der Waals surface area contributed by atoms with Crippen molar-refractivity contribution in [2.24, 2.45) is 7.05 Å². The number of ether oxygens (including phenoxy) is 1. The van der Waals surface area contributed by atoms with Crippen molar-refractivity contribution in [3.63, 3.8) is 0 Å². The largest absolute Gasteiger partial charge is 0.438 e. The molecule has 5 heteroatoms. The van der Waals surface area contributed by atoms with E-state index in [-0.39, 0.29) is 0 Å². The van der Waals surface area contributed by atoms with Crippen molar-refractivity contribution in [2.45, 2.75) is 0 Å². The van der Waals surface area contributed by atoms with Crippen LogP contribution in [-0.2, 0) is 7.05 Å². The molecule has 90 valence electrons. The molecule has 4 nitrogen and oxygen atoms in total. The van der Waals surface area contributed by atoms with Gasteiger partial charge in [0.15, 0.2) is 0 Å². The predicted molar refractivity (Wildman–Crippen MR) is 72.7 cm³/mol. The van der Waals surface area contributed by atoms with Crippen molar-refractivity contribution in [1.29, 1.82) is 0 Å². The van der Waals surface area contributed by atoms with Crippen LogP contribution in [0, 0.1) is 0 Å². The smallest absolute Gasteiger partial charge is 0.237 e. The molecule has 0 N–H and O–H groups in total. The lowest BCUT2D eigenvalue weighted by molar-refractivity contribution is 0.430. The summed E-state index contributed by atoms with van der Waals surface area (Å²) in [6.45, 7) is 0. The Kier molecular flexibility index (Phi) is 2.76. The molecule has 0 radical (unpaired) electrons. The Balaban J connectivity index is 1.99. The molecule has 3 aromatic rings. The summed E-state index contributed by atoms with van der Waals surface area (Å²) in [6, 6.07) is 12.1. The van der Waals surface area contributed by atoms with E-state index >= 15 is 0 Å². The maximum absolute atomic E-state index is 5.71. The number of halogens is 1. The summed E-state index contributed by atoms with van der Waals surface area (Å²) in [7, 11) is 1.79. The van der Waals surface area contributed by atoms with Crippen LogP contribution in [-0.4, -0.2) is 15.0 Å². The van der Waals surface area contributed by atoms with E-state index in [4.69, 9.17) is 4.74 Å². The Morgan fingerprint density at radius 3 is 2.67 bits per heavy atom. The maximum atomic E-state index is 5.71. The van der Waals surface area contributed by atoms with Gasteiger partial charge in [-0.2, -0.15) is 0 Å². The van der Waals surface area contributed by atoms with E-state index in [1.54, 1.807) is 17.9 Å². The summed E-state index contributed by atoms with van der Waals surface area (Å²) >= 11 is 3.46. The van der Waals surface area contributed by atoms with Crippen molar-refractivity contribution in [1.82, 2.24) is 15.0 Å². The molecule has 0 amide bonds. The SMILES string of the molecule is Cn1nncc1Oc1ccc2cc(Br)ccc2c1. The van der Waals surface area contributed by atoms with Crippen molar-refractivity contribution < 1.29 is 4.74 Å². The van der Waals surface area contributed by atoms with Crippen LogP contribution in [0.4, 0.5) is 0 Å². The van der Waals surface area contributed by atoms with Gasteiger partial charge in [0, 0.05) is 11.5 Å². The highest BCUT2D eigenvalue weighted by atomic mass is 79.9. The van der Waals surface area contributed by atoms with Crippen molar-refractivity contribution >= 4 is 26.7 Å². The predicted octanol–water partition coefficient (Wildman–Crippen LogP) is 3.52. The fourth-order valence-corrected chi connectivity index (χ4v) is 2.13. The zero-order valence-electron chi connectivity index (χ0n) is 9.67. The van der Waals surface area contributed by atoms with Gasteiger partial charge >= 0.3 is 0 Å². The third kappa shape index (κ3) is 2.09. The number of benzene rings is 2. The third-order valence-corrected chi connectivity index (χ3v) is 3.16. The van der Waals surface area contributed by atoms with E-state index in [2.05, 4.69) is 32.3 Å². The minimum absolute atomic E-state index is 0.617. The van der Waals surface area contributed by atoms with Crippen LogP contribution in [0.2, 0.25) is 0 Å². The van der Waals surface area contributed by atoms with Gasteiger partial charge in [-0.25, -0.2) is 4.68 Å². The third-order valence-electron chi connectivity index (χ3n) is 2.67. The van der Waals surface area contributed by atoms with Crippen molar-refractivity contribution in [3.05, 3.63) is 47.1 Å². The first kappa shape index (κ1) is 11.2. The summed E-state index contributed by atoms with van der Waals surface area (Å²) < 4.78 is 8.37. The molecule has 1 heterocycles. The topological polar surface area (TPSA) is 39.9 Å². The Bertz CT molecular complexity index is 708. The second-order valence-corrected chi connectivity index (χ2v) is 4.87. The van der Waals surface area contributed by atoms with Crippen LogP contribution >= 0.6 is 15.9 Å². The molecule has 0 saturated heterocycles. The number of nitrogens with zero attached hydrogens (tertiary/aromatic N) is 3. The molecule has 0 unspecified atom stereocenters. The molecule has 1 aromatic heterocycles. The van der Waals surface area contributed by atoms with Gasteiger partial charge in [0.25, 0.3) is 0 Å². The standard InChI is InChI=1S/C13H10BrN3O/c1-17-13(8-15-16-17)18-12-5-3-9-6-11(14)4-2-10(9)7-12/h2-8H,1H3. The van der Waals surface area contributed by atoms with E-state index < -0.39 is 0 Å². The Labute approximate surface area is 112 Å². The summed E-state index contributed by atoms with van der Waals surface area (Å²) in [5.74, 6) is 1.39. The maximum Gasteiger partial charge on any atom is 0.237 e. The van der Waals surface area contributed by atoms with Gasteiger partial charge in [0.05, 0.1) is 0 Å². The molecule has 0 atom stereocenters. The molecule has 0 aliphatic rings.